The number of carbonyl (C=O) groups is 2. The predicted octanol–water partition coefficient (Wildman–Crippen LogP) is 4.40. The molecule has 2 amide bonds. The summed E-state index contributed by atoms with van der Waals surface area (Å²) in [5.74, 6) is -0.272. The van der Waals surface area contributed by atoms with Crippen LogP contribution in [0.4, 0.5) is 5.13 Å². The highest BCUT2D eigenvalue weighted by atomic mass is 35.5. The van der Waals surface area contributed by atoms with Crippen molar-refractivity contribution in [1.29, 1.82) is 0 Å². The number of anilines is 1. The van der Waals surface area contributed by atoms with Gasteiger partial charge in [-0.3, -0.25) is 9.59 Å². The first-order chi connectivity index (χ1) is 13.6. The van der Waals surface area contributed by atoms with E-state index in [0.29, 0.717) is 18.2 Å². The molecule has 3 aromatic heterocycles. The van der Waals surface area contributed by atoms with Gasteiger partial charge < -0.3 is 10.2 Å². The zero-order valence-corrected chi connectivity index (χ0v) is 18.0. The molecule has 0 aliphatic carbocycles. The summed E-state index contributed by atoms with van der Waals surface area (Å²) >= 11 is 10.4. The zero-order chi connectivity index (χ0) is 19.5. The highest BCUT2D eigenvalue weighted by molar-refractivity contribution is 7.23. The minimum absolute atomic E-state index is 0.00723. The fourth-order valence-corrected chi connectivity index (χ4v) is 5.57. The summed E-state index contributed by atoms with van der Waals surface area (Å²) in [6, 6.07) is 3.78. The van der Waals surface area contributed by atoms with Gasteiger partial charge >= 0.3 is 0 Å². The number of piperidine rings is 1. The van der Waals surface area contributed by atoms with Crippen molar-refractivity contribution in [3.05, 3.63) is 39.1 Å². The lowest BCUT2D eigenvalue weighted by Gasteiger charge is -2.31. The molecule has 1 unspecified atom stereocenters. The molecule has 1 atom stereocenters. The average Bonchev–Trinajstić information content (AvgIpc) is 3.44. The Balaban J connectivity index is 1.35. The Morgan fingerprint density at radius 3 is 2.96 bits per heavy atom. The van der Waals surface area contributed by atoms with Crippen LogP contribution in [0.2, 0.25) is 4.34 Å². The standard InChI is InChI=1S/C18H17ClN4O2S3/c19-14-4-3-13(28-14)17-21-12(10-27-17)8-15(24)23-6-1-2-11(9-23)16(25)22-18-20-5-7-26-18/h3-5,7,10-11H,1-2,6,8-9H2,(H,20,22,25). The third-order valence-corrected chi connectivity index (χ3v) is 7.46. The van der Waals surface area contributed by atoms with E-state index in [1.807, 2.05) is 22.9 Å². The molecule has 1 N–H and O–H groups in total. The molecule has 4 rings (SSSR count). The highest BCUT2D eigenvalue weighted by Gasteiger charge is 2.29. The summed E-state index contributed by atoms with van der Waals surface area (Å²) < 4.78 is 0.721. The Morgan fingerprint density at radius 2 is 2.21 bits per heavy atom. The van der Waals surface area contributed by atoms with Crippen molar-refractivity contribution in [2.45, 2.75) is 19.3 Å². The van der Waals surface area contributed by atoms with Crippen LogP contribution in [0.15, 0.2) is 29.1 Å². The van der Waals surface area contributed by atoms with Gasteiger partial charge in [-0.2, -0.15) is 0 Å². The molecule has 6 nitrogen and oxygen atoms in total. The maximum absolute atomic E-state index is 12.7. The Bertz CT molecular complexity index is 969. The lowest BCUT2D eigenvalue weighted by molar-refractivity contribution is -0.134. The molecule has 0 radical (unpaired) electrons. The van der Waals surface area contributed by atoms with E-state index in [9.17, 15) is 9.59 Å². The number of thiophene rings is 1. The second kappa shape index (κ2) is 8.69. The molecule has 0 bridgehead atoms. The van der Waals surface area contributed by atoms with Crippen molar-refractivity contribution in [1.82, 2.24) is 14.9 Å². The number of halogens is 1. The molecule has 1 aliphatic heterocycles. The topological polar surface area (TPSA) is 75.2 Å². The van der Waals surface area contributed by atoms with Crippen LogP contribution in [0.3, 0.4) is 0 Å². The molecule has 0 saturated carbocycles. The van der Waals surface area contributed by atoms with Gasteiger partial charge in [0.2, 0.25) is 11.8 Å². The van der Waals surface area contributed by atoms with E-state index in [1.54, 1.807) is 11.1 Å². The molecule has 0 spiro atoms. The predicted molar refractivity (Wildman–Crippen MR) is 114 cm³/mol. The summed E-state index contributed by atoms with van der Waals surface area (Å²) in [5, 5.41) is 8.04. The summed E-state index contributed by atoms with van der Waals surface area (Å²) in [7, 11) is 0. The van der Waals surface area contributed by atoms with Crippen LogP contribution in [0.25, 0.3) is 9.88 Å². The summed E-state index contributed by atoms with van der Waals surface area (Å²) in [6.45, 7) is 1.12. The fraction of sp³-hybridized carbons (Fsp3) is 0.333. The highest BCUT2D eigenvalue weighted by Crippen LogP contribution is 2.33. The van der Waals surface area contributed by atoms with E-state index in [2.05, 4.69) is 15.3 Å². The van der Waals surface area contributed by atoms with Crippen molar-refractivity contribution < 1.29 is 9.59 Å². The maximum atomic E-state index is 12.7. The molecular formula is C18H17ClN4O2S3. The molecular weight excluding hydrogens is 436 g/mol. The number of amides is 2. The molecule has 28 heavy (non-hydrogen) atoms. The first-order valence-electron chi connectivity index (χ1n) is 8.77. The quantitative estimate of drug-likeness (QED) is 0.622. The molecule has 0 aromatic carbocycles. The monoisotopic (exact) mass is 452 g/mol. The van der Waals surface area contributed by atoms with Crippen LogP contribution >= 0.6 is 45.6 Å². The van der Waals surface area contributed by atoms with E-state index >= 15 is 0 Å². The van der Waals surface area contributed by atoms with Crippen LogP contribution in [-0.2, 0) is 16.0 Å². The number of rotatable bonds is 5. The zero-order valence-electron chi connectivity index (χ0n) is 14.8. The number of aromatic nitrogens is 2. The molecule has 4 heterocycles. The number of nitrogens with one attached hydrogen (secondary N) is 1. The van der Waals surface area contributed by atoms with E-state index in [0.717, 1.165) is 32.8 Å². The van der Waals surface area contributed by atoms with Crippen molar-refractivity contribution in [3.8, 4) is 9.88 Å². The Labute approximate surface area is 179 Å². The van der Waals surface area contributed by atoms with E-state index in [4.69, 9.17) is 11.6 Å². The second-order valence-corrected chi connectivity index (χ2v) is 9.90. The van der Waals surface area contributed by atoms with E-state index in [-0.39, 0.29) is 24.2 Å². The number of nitrogens with zero attached hydrogens (tertiary/aromatic N) is 3. The van der Waals surface area contributed by atoms with Crippen LogP contribution in [0, 0.1) is 5.92 Å². The average molecular weight is 453 g/mol. The van der Waals surface area contributed by atoms with Gasteiger partial charge in [-0.05, 0) is 25.0 Å². The van der Waals surface area contributed by atoms with Crippen molar-refractivity contribution in [2.24, 2.45) is 5.92 Å². The van der Waals surface area contributed by atoms with Crippen LogP contribution in [0.5, 0.6) is 0 Å². The normalized spacial score (nSPS) is 16.9. The lowest BCUT2D eigenvalue weighted by Crippen LogP contribution is -2.44. The molecule has 1 saturated heterocycles. The fourth-order valence-electron chi connectivity index (χ4n) is 3.11. The lowest BCUT2D eigenvalue weighted by atomic mass is 9.97. The Morgan fingerprint density at radius 1 is 1.32 bits per heavy atom. The van der Waals surface area contributed by atoms with E-state index in [1.165, 1.54) is 34.0 Å². The molecule has 1 fully saturated rings. The van der Waals surface area contributed by atoms with Crippen LogP contribution in [0.1, 0.15) is 18.5 Å². The van der Waals surface area contributed by atoms with Gasteiger partial charge in [-0.15, -0.1) is 34.0 Å². The number of hydrogen-bond donors (Lipinski definition) is 1. The summed E-state index contributed by atoms with van der Waals surface area (Å²) in [6.07, 6.45) is 3.50. The first kappa shape index (κ1) is 19.5. The summed E-state index contributed by atoms with van der Waals surface area (Å²) in [5.41, 5.74) is 0.754. The van der Waals surface area contributed by atoms with Crippen LogP contribution in [-0.4, -0.2) is 39.8 Å². The van der Waals surface area contributed by atoms with Crippen molar-refractivity contribution >= 4 is 62.6 Å². The Kier molecular flexibility index (Phi) is 6.05. The first-order valence-corrected chi connectivity index (χ1v) is 11.7. The van der Waals surface area contributed by atoms with Crippen molar-refractivity contribution in [3.63, 3.8) is 0 Å². The number of carbonyl (C=O) groups excluding carboxylic acids is 2. The third kappa shape index (κ3) is 4.60. The van der Waals surface area contributed by atoms with Gasteiger partial charge in [-0.25, -0.2) is 9.97 Å². The van der Waals surface area contributed by atoms with E-state index < -0.39 is 0 Å². The largest absolute Gasteiger partial charge is 0.342 e. The smallest absolute Gasteiger partial charge is 0.231 e. The van der Waals surface area contributed by atoms with Gasteiger partial charge in [0.05, 0.1) is 27.2 Å². The molecule has 146 valence electrons. The Hall–Kier alpha value is -1.81. The van der Waals surface area contributed by atoms with Gasteiger partial charge in [-0.1, -0.05) is 11.6 Å². The van der Waals surface area contributed by atoms with Gasteiger partial charge in [0.25, 0.3) is 0 Å². The minimum Gasteiger partial charge on any atom is -0.342 e. The molecule has 10 heteroatoms. The molecule has 1 aliphatic rings. The summed E-state index contributed by atoms with van der Waals surface area (Å²) in [4.78, 5) is 36.6. The third-order valence-electron chi connectivity index (χ3n) is 4.48. The minimum atomic E-state index is -0.208. The van der Waals surface area contributed by atoms with Crippen LogP contribution < -0.4 is 5.32 Å². The molecule has 3 aromatic rings. The van der Waals surface area contributed by atoms with Gasteiger partial charge in [0.1, 0.15) is 5.01 Å². The van der Waals surface area contributed by atoms with Crippen molar-refractivity contribution in [2.75, 3.05) is 18.4 Å². The second-order valence-electron chi connectivity index (χ2n) is 6.43. The SMILES string of the molecule is O=C(Nc1nccs1)C1CCCN(C(=O)Cc2csc(-c3ccc(Cl)s3)n2)C1. The van der Waals surface area contributed by atoms with Gasteiger partial charge in [0, 0.05) is 30.0 Å². The maximum Gasteiger partial charge on any atom is 0.231 e. The number of thiazole rings is 2. The van der Waals surface area contributed by atoms with Gasteiger partial charge in [0.15, 0.2) is 5.13 Å². The number of hydrogen-bond acceptors (Lipinski definition) is 7. The number of likely N-dealkylation sites (tertiary alicyclic amines) is 1.